The Kier molecular flexibility index (Phi) is 4.14. The molecule has 19 heavy (non-hydrogen) atoms. The van der Waals surface area contributed by atoms with Gasteiger partial charge >= 0.3 is 0 Å². The summed E-state index contributed by atoms with van der Waals surface area (Å²) < 4.78 is 41.4. The van der Waals surface area contributed by atoms with Crippen molar-refractivity contribution in [2.24, 2.45) is 0 Å². The number of halogens is 4. The highest BCUT2D eigenvalue weighted by Crippen LogP contribution is 2.28. The molecule has 0 unspecified atom stereocenters. The molecule has 98 valence electrons. The maximum absolute atomic E-state index is 13.7. The van der Waals surface area contributed by atoms with Crippen molar-refractivity contribution in [3.8, 4) is 0 Å². The lowest BCUT2D eigenvalue weighted by Crippen LogP contribution is -2.01. The van der Waals surface area contributed by atoms with Gasteiger partial charge in [0.2, 0.25) is 0 Å². The molecule has 0 saturated heterocycles. The Morgan fingerprint density at radius 1 is 1.05 bits per heavy atom. The normalized spacial score (nSPS) is 10.3. The first-order valence-corrected chi connectivity index (χ1v) is 6.43. The summed E-state index contributed by atoms with van der Waals surface area (Å²) in [6.45, 7) is 3.52. The molecule has 0 fully saturated rings. The van der Waals surface area contributed by atoms with Crippen LogP contribution >= 0.6 is 22.6 Å². The summed E-state index contributed by atoms with van der Waals surface area (Å²) in [5, 5.41) is 2.56. The highest BCUT2D eigenvalue weighted by atomic mass is 127. The van der Waals surface area contributed by atoms with Crippen molar-refractivity contribution in [3.05, 3.63) is 63.5 Å². The maximum atomic E-state index is 13.7. The van der Waals surface area contributed by atoms with E-state index < -0.39 is 17.5 Å². The molecule has 5 heteroatoms. The van der Waals surface area contributed by atoms with Crippen LogP contribution < -0.4 is 5.32 Å². The molecule has 0 atom stereocenters. The smallest absolute Gasteiger partial charge is 0.182 e. The van der Waals surface area contributed by atoms with Crippen LogP contribution in [0.4, 0.5) is 24.5 Å². The zero-order valence-corrected chi connectivity index (χ0v) is 11.8. The Bertz CT molecular complexity index is 641. The molecule has 2 aromatic rings. The van der Waals surface area contributed by atoms with Gasteiger partial charge in [-0.2, -0.15) is 0 Å². The van der Waals surface area contributed by atoms with E-state index in [0.29, 0.717) is 9.13 Å². The van der Waals surface area contributed by atoms with Gasteiger partial charge in [-0.15, -0.1) is 0 Å². The summed E-state index contributed by atoms with van der Waals surface area (Å²) >= 11 is 1.96. The topological polar surface area (TPSA) is 12.0 Å². The predicted octanol–water partition coefficient (Wildman–Crippen LogP) is 5.10. The van der Waals surface area contributed by atoms with E-state index in [9.17, 15) is 13.2 Å². The van der Waals surface area contributed by atoms with Gasteiger partial charge in [-0.3, -0.25) is 0 Å². The summed E-state index contributed by atoms with van der Waals surface area (Å²) in [5.74, 6) is -2.60. The molecule has 2 rings (SSSR count). The van der Waals surface area contributed by atoms with Crippen LogP contribution in [0, 0.1) is 21.0 Å². The van der Waals surface area contributed by atoms with Gasteiger partial charge in [0.15, 0.2) is 11.6 Å². The lowest BCUT2D eigenvalue weighted by atomic mass is 10.1. The third kappa shape index (κ3) is 2.91. The lowest BCUT2D eigenvalue weighted by Gasteiger charge is -2.12. The molecule has 0 saturated carbocycles. The summed E-state index contributed by atoms with van der Waals surface area (Å²) in [7, 11) is 0. The van der Waals surface area contributed by atoms with Crippen LogP contribution in [-0.4, -0.2) is 0 Å². The van der Waals surface area contributed by atoms with Gasteiger partial charge in [0, 0.05) is 9.13 Å². The average Bonchev–Trinajstić information content (AvgIpc) is 2.38. The molecular formula is C14H9F3IN. The number of hydrogen-bond donors (Lipinski definition) is 1. The van der Waals surface area contributed by atoms with E-state index >= 15 is 0 Å². The van der Waals surface area contributed by atoms with Crippen molar-refractivity contribution in [2.75, 3.05) is 5.32 Å². The molecule has 2 aromatic carbocycles. The van der Waals surface area contributed by atoms with Crippen LogP contribution in [0.2, 0.25) is 0 Å². The summed E-state index contributed by atoms with van der Waals surface area (Å²) in [5.41, 5.74) is 0.306. The minimum Gasteiger partial charge on any atom is -0.350 e. The van der Waals surface area contributed by atoms with Crippen molar-refractivity contribution in [1.29, 1.82) is 0 Å². The van der Waals surface area contributed by atoms with Gasteiger partial charge < -0.3 is 5.32 Å². The van der Waals surface area contributed by atoms with E-state index in [-0.39, 0.29) is 11.4 Å². The van der Waals surface area contributed by atoms with Gasteiger partial charge in [-0.1, -0.05) is 12.7 Å². The Morgan fingerprint density at radius 3 is 2.42 bits per heavy atom. The number of rotatable bonds is 3. The Labute approximate surface area is 122 Å². The molecule has 0 heterocycles. The molecule has 1 N–H and O–H groups in total. The van der Waals surface area contributed by atoms with E-state index in [2.05, 4.69) is 11.9 Å². The zero-order valence-electron chi connectivity index (χ0n) is 9.68. The van der Waals surface area contributed by atoms with Gasteiger partial charge in [-0.25, -0.2) is 13.2 Å². The molecule has 0 spiro atoms. The molecule has 0 aliphatic carbocycles. The second kappa shape index (κ2) is 5.64. The lowest BCUT2D eigenvalue weighted by molar-refractivity contribution is 0.511. The van der Waals surface area contributed by atoms with Crippen molar-refractivity contribution in [1.82, 2.24) is 0 Å². The molecule has 0 bridgehead atoms. The first-order valence-electron chi connectivity index (χ1n) is 5.35. The predicted molar refractivity (Wildman–Crippen MR) is 78.8 cm³/mol. The number of anilines is 2. The maximum Gasteiger partial charge on any atom is 0.182 e. The van der Waals surface area contributed by atoms with Crippen LogP contribution in [-0.2, 0) is 0 Å². The third-order valence-electron chi connectivity index (χ3n) is 2.54. The molecule has 0 aliphatic rings. The van der Waals surface area contributed by atoms with Crippen molar-refractivity contribution in [3.63, 3.8) is 0 Å². The molecule has 0 aromatic heterocycles. The van der Waals surface area contributed by atoms with Crippen LogP contribution in [0.5, 0.6) is 0 Å². The van der Waals surface area contributed by atoms with Crippen molar-refractivity contribution >= 4 is 40.0 Å². The van der Waals surface area contributed by atoms with Gasteiger partial charge in [0.1, 0.15) is 5.82 Å². The van der Waals surface area contributed by atoms with Crippen LogP contribution in [0.3, 0.4) is 0 Å². The standard InChI is InChI=1S/C14H9F3IN/c1-2-8-3-5-10(15)13(17)14(8)19-12-6-4-9(18)7-11(12)16/h2-7,19H,1H2. The third-order valence-corrected chi connectivity index (χ3v) is 3.21. The molecule has 0 aliphatic heterocycles. The largest absolute Gasteiger partial charge is 0.350 e. The minimum absolute atomic E-state index is 0.0769. The molecule has 0 amide bonds. The second-order valence-electron chi connectivity index (χ2n) is 3.78. The van der Waals surface area contributed by atoms with Crippen LogP contribution in [0.1, 0.15) is 5.56 Å². The molecule has 0 radical (unpaired) electrons. The number of nitrogens with one attached hydrogen (secondary N) is 1. The van der Waals surface area contributed by atoms with E-state index in [0.717, 1.165) is 6.07 Å². The average molecular weight is 375 g/mol. The van der Waals surface area contributed by atoms with E-state index in [1.54, 1.807) is 6.07 Å². The van der Waals surface area contributed by atoms with E-state index in [1.807, 2.05) is 22.6 Å². The summed E-state index contributed by atoms with van der Waals surface area (Å²) in [6.07, 6.45) is 1.37. The Balaban J connectivity index is 2.48. The zero-order chi connectivity index (χ0) is 14.0. The van der Waals surface area contributed by atoms with Crippen LogP contribution in [0.15, 0.2) is 36.9 Å². The fourth-order valence-electron chi connectivity index (χ4n) is 1.59. The van der Waals surface area contributed by atoms with Crippen molar-refractivity contribution < 1.29 is 13.2 Å². The Hall–Kier alpha value is -1.50. The van der Waals surface area contributed by atoms with Gasteiger partial charge in [0.25, 0.3) is 0 Å². The number of benzene rings is 2. The Morgan fingerprint density at radius 2 is 1.79 bits per heavy atom. The van der Waals surface area contributed by atoms with Crippen LogP contribution in [0.25, 0.3) is 6.08 Å². The quantitative estimate of drug-likeness (QED) is 0.737. The monoisotopic (exact) mass is 375 g/mol. The first-order chi connectivity index (χ1) is 9.02. The van der Waals surface area contributed by atoms with Gasteiger partial charge in [-0.05, 0) is 52.9 Å². The fraction of sp³-hybridized carbons (Fsp3) is 0. The summed E-state index contributed by atoms with van der Waals surface area (Å²) in [6, 6.07) is 6.80. The highest BCUT2D eigenvalue weighted by molar-refractivity contribution is 14.1. The number of hydrogen-bond acceptors (Lipinski definition) is 1. The fourth-order valence-corrected chi connectivity index (χ4v) is 2.04. The SMILES string of the molecule is C=Cc1ccc(F)c(F)c1Nc1ccc(I)cc1F. The first kappa shape index (κ1) is 13.9. The van der Waals surface area contributed by atoms with Gasteiger partial charge in [0.05, 0.1) is 11.4 Å². The van der Waals surface area contributed by atoms with E-state index in [4.69, 9.17) is 0 Å². The highest BCUT2D eigenvalue weighted by Gasteiger charge is 2.13. The minimum atomic E-state index is -1.06. The second-order valence-corrected chi connectivity index (χ2v) is 5.02. The molecule has 1 nitrogen and oxygen atoms in total. The van der Waals surface area contributed by atoms with Crippen molar-refractivity contribution in [2.45, 2.75) is 0 Å². The molecular weight excluding hydrogens is 366 g/mol. The van der Waals surface area contributed by atoms with E-state index in [1.165, 1.54) is 24.3 Å². The summed E-state index contributed by atoms with van der Waals surface area (Å²) in [4.78, 5) is 0.